The Bertz CT molecular complexity index is 583. The van der Waals surface area contributed by atoms with Gasteiger partial charge >= 0.3 is 0 Å². The lowest BCUT2D eigenvalue weighted by atomic mass is 10.0. The Hall–Kier alpha value is -2.62. The third-order valence-corrected chi connectivity index (χ3v) is 2.70. The highest BCUT2D eigenvalue weighted by Gasteiger charge is 2.01. The zero-order chi connectivity index (χ0) is 12.2. The largest absolute Gasteiger partial charge is 0.159 e. The molecular formula is C14H10N4. The molecule has 0 N–H and O–H groups in total. The number of benzene rings is 1. The average Bonchev–Trinajstić information content (AvgIpc) is 2.49. The standard InChI is InChI=1S/C14H10N4/c1-2-11(13-4-6-15-17-9-13)8-12(3-1)14-5-7-16-18-10-14/h1-10H. The Morgan fingerprint density at radius 3 is 1.56 bits per heavy atom. The van der Waals surface area contributed by atoms with E-state index in [9.17, 15) is 0 Å². The van der Waals surface area contributed by atoms with E-state index in [1.165, 1.54) is 0 Å². The van der Waals surface area contributed by atoms with Crippen LogP contribution in [0.5, 0.6) is 0 Å². The summed E-state index contributed by atoms with van der Waals surface area (Å²) in [5, 5.41) is 15.3. The molecule has 0 bridgehead atoms. The molecule has 0 atom stereocenters. The first-order valence-electron chi connectivity index (χ1n) is 5.58. The van der Waals surface area contributed by atoms with Crippen molar-refractivity contribution in [3.05, 3.63) is 61.2 Å². The lowest BCUT2D eigenvalue weighted by Gasteiger charge is -2.04. The average molecular weight is 234 g/mol. The van der Waals surface area contributed by atoms with Gasteiger partial charge in [0.15, 0.2) is 0 Å². The number of hydrogen-bond donors (Lipinski definition) is 0. The number of aromatic nitrogens is 4. The van der Waals surface area contributed by atoms with Gasteiger partial charge in [-0.05, 0) is 29.3 Å². The molecule has 3 aromatic rings. The van der Waals surface area contributed by atoms with Gasteiger partial charge < -0.3 is 0 Å². The predicted octanol–water partition coefficient (Wildman–Crippen LogP) is 2.60. The number of nitrogens with zero attached hydrogens (tertiary/aromatic N) is 4. The van der Waals surface area contributed by atoms with Crippen LogP contribution in [-0.2, 0) is 0 Å². The molecule has 1 aromatic carbocycles. The van der Waals surface area contributed by atoms with E-state index in [-0.39, 0.29) is 0 Å². The van der Waals surface area contributed by atoms with E-state index < -0.39 is 0 Å². The summed E-state index contributed by atoms with van der Waals surface area (Å²) in [6, 6.07) is 12.1. The highest BCUT2D eigenvalue weighted by Crippen LogP contribution is 2.24. The quantitative estimate of drug-likeness (QED) is 0.684. The maximum absolute atomic E-state index is 3.89. The summed E-state index contributed by atoms with van der Waals surface area (Å²) < 4.78 is 0. The molecule has 0 unspecified atom stereocenters. The maximum Gasteiger partial charge on any atom is 0.0574 e. The van der Waals surface area contributed by atoms with Crippen LogP contribution in [0.2, 0.25) is 0 Å². The highest BCUT2D eigenvalue weighted by atomic mass is 15.1. The fourth-order valence-electron chi connectivity index (χ4n) is 1.80. The van der Waals surface area contributed by atoms with Crippen molar-refractivity contribution in [1.82, 2.24) is 20.4 Å². The topological polar surface area (TPSA) is 51.6 Å². The van der Waals surface area contributed by atoms with E-state index in [0.29, 0.717) is 0 Å². The molecule has 0 radical (unpaired) electrons. The Balaban J connectivity index is 2.05. The van der Waals surface area contributed by atoms with Gasteiger partial charge in [0.25, 0.3) is 0 Å². The Labute approximate surface area is 104 Å². The molecule has 3 rings (SSSR count). The first kappa shape index (κ1) is 10.5. The molecule has 0 fully saturated rings. The van der Waals surface area contributed by atoms with Gasteiger partial charge in [-0.2, -0.15) is 20.4 Å². The molecule has 0 saturated heterocycles. The normalized spacial score (nSPS) is 10.2. The maximum atomic E-state index is 3.89. The Morgan fingerprint density at radius 1 is 0.556 bits per heavy atom. The molecule has 0 spiro atoms. The van der Waals surface area contributed by atoms with E-state index in [1.54, 1.807) is 24.8 Å². The minimum Gasteiger partial charge on any atom is -0.159 e. The van der Waals surface area contributed by atoms with Gasteiger partial charge in [-0.1, -0.05) is 18.2 Å². The fourth-order valence-corrected chi connectivity index (χ4v) is 1.80. The highest BCUT2D eigenvalue weighted by molar-refractivity contribution is 5.71. The summed E-state index contributed by atoms with van der Waals surface area (Å²) in [5.74, 6) is 0. The lowest BCUT2D eigenvalue weighted by molar-refractivity contribution is 1.03. The van der Waals surface area contributed by atoms with E-state index >= 15 is 0 Å². The second-order valence-electron chi connectivity index (χ2n) is 3.84. The molecule has 0 amide bonds. The molecule has 2 heterocycles. The van der Waals surface area contributed by atoms with Crippen LogP contribution in [0, 0.1) is 0 Å². The second-order valence-corrected chi connectivity index (χ2v) is 3.84. The van der Waals surface area contributed by atoms with Crippen LogP contribution in [-0.4, -0.2) is 20.4 Å². The van der Waals surface area contributed by atoms with E-state index in [2.05, 4.69) is 38.6 Å². The van der Waals surface area contributed by atoms with Gasteiger partial charge in [-0.15, -0.1) is 0 Å². The van der Waals surface area contributed by atoms with Crippen LogP contribution in [0.4, 0.5) is 0 Å². The van der Waals surface area contributed by atoms with Gasteiger partial charge in [0.05, 0.1) is 24.8 Å². The van der Waals surface area contributed by atoms with Gasteiger partial charge in [-0.3, -0.25) is 0 Å². The molecule has 0 saturated carbocycles. The molecule has 18 heavy (non-hydrogen) atoms. The van der Waals surface area contributed by atoms with Crippen LogP contribution in [0.15, 0.2) is 61.2 Å². The van der Waals surface area contributed by atoms with Crippen molar-refractivity contribution in [1.29, 1.82) is 0 Å². The first-order valence-corrected chi connectivity index (χ1v) is 5.58. The number of rotatable bonds is 2. The Kier molecular flexibility index (Phi) is 2.75. The molecule has 4 heteroatoms. The van der Waals surface area contributed by atoms with Gasteiger partial charge in [0.2, 0.25) is 0 Å². The van der Waals surface area contributed by atoms with Crippen molar-refractivity contribution in [3.63, 3.8) is 0 Å². The molecule has 0 aliphatic heterocycles. The van der Waals surface area contributed by atoms with Crippen LogP contribution in [0.1, 0.15) is 0 Å². The molecule has 2 aromatic heterocycles. The lowest BCUT2D eigenvalue weighted by Crippen LogP contribution is -1.85. The van der Waals surface area contributed by atoms with E-state index in [1.807, 2.05) is 18.2 Å². The Morgan fingerprint density at radius 2 is 1.11 bits per heavy atom. The van der Waals surface area contributed by atoms with Crippen molar-refractivity contribution >= 4 is 0 Å². The monoisotopic (exact) mass is 234 g/mol. The third-order valence-electron chi connectivity index (χ3n) is 2.70. The van der Waals surface area contributed by atoms with Crippen molar-refractivity contribution in [2.24, 2.45) is 0 Å². The van der Waals surface area contributed by atoms with Gasteiger partial charge in [0, 0.05) is 11.1 Å². The van der Waals surface area contributed by atoms with Crippen molar-refractivity contribution in [2.45, 2.75) is 0 Å². The third kappa shape index (κ3) is 2.08. The van der Waals surface area contributed by atoms with Crippen LogP contribution in [0.3, 0.4) is 0 Å². The van der Waals surface area contributed by atoms with Crippen molar-refractivity contribution in [2.75, 3.05) is 0 Å². The van der Waals surface area contributed by atoms with Crippen molar-refractivity contribution < 1.29 is 0 Å². The summed E-state index contributed by atoms with van der Waals surface area (Å²) in [6.45, 7) is 0. The first-order chi connectivity index (χ1) is 8.93. The minimum absolute atomic E-state index is 1.05. The fraction of sp³-hybridized carbons (Fsp3) is 0. The molecule has 4 nitrogen and oxygen atoms in total. The van der Waals surface area contributed by atoms with Crippen LogP contribution in [0.25, 0.3) is 22.3 Å². The van der Waals surface area contributed by atoms with E-state index in [0.717, 1.165) is 22.3 Å². The molecular weight excluding hydrogens is 224 g/mol. The summed E-state index contributed by atoms with van der Waals surface area (Å²) in [5.41, 5.74) is 4.32. The molecule has 0 aliphatic carbocycles. The smallest absolute Gasteiger partial charge is 0.0574 e. The van der Waals surface area contributed by atoms with Gasteiger partial charge in [-0.25, -0.2) is 0 Å². The van der Waals surface area contributed by atoms with E-state index in [4.69, 9.17) is 0 Å². The predicted molar refractivity (Wildman–Crippen MR) is 68.5 cm³/mol. The zero-order valence-corrected chi connectivity index (χ0v) is 9.56. The SMILES string of the molecule is c1cc(-c2ccnnc2)cc(-c2ccnnc2)c1. The molecule has 86 valence electrons. The summed E-state index contributed by atoms with van der Waals surface area (Å²) in [4.78, 5) is 0. The van der Waals surface area contributed by atoms with Gasteiger partial charge in [0.1, 0.15) is 0 Å². The summed E-state index contributed by atoms with van der Waals surface area (Å²) in [7, 11) is 0. The second kappa shape index (κ2) is 4.71. The van der Waals surface area contributed by atoms with Crippen molar-refractivity contribution in [3.8, 4) is 22.3 Å². The molecule has 0 aliphatic rings. The minimum atomic E-state index is 1.05. The number of hydrogen-bond acceptors (Lipinski definition) is 4. The van der Waals surface area contributed by atoms with Crippen LogP contribution < -0.4 is 0 Å². The summed E-state index contributed by atoms with van der Waals surface area (Å²) >= 11 is 0. The van der Waals surface area contributed by atoms with Crippen LogP contribution >= 0.6 is 0 Å². The summed E-state index contributed by atoms with van der Waals surface area (Å²) in [6.07, 6.45) is 6.89. The zero-order valence-electron chi connectivity index (χ0n) is 9.56.